The molecule has 1 spiro atoms. The van der Waals surface area contributed by atoms with Gasteiger partial charge in [-0.3, -0.25) is 4.79 Å². The van der Waals surface area contributed by atoms with Gasteiger partial charge in [-0.25, -0.2) is 0 Å². The summed E-state index contributed by atoms with van der Waals surface area (Å²) in [4.78, 5) is 14.3. The molecule has 1 unspecified atom stereocenters. The van der Waals surface area contributed by atoms with Gasteiger partial charge in [0.2, 0.25) is 6.29 Å². The summed E-state index contributed by atoms with van der Waals surface area (Å²) in [6, 6.07) is 0. The van der Waals surface area contributed by atoms with Crippen molar-refractivity contribution in [2.24, 2.45) is 28.1 Å². The van der Waals surface area contributed by atoms with Crippen LogP contribution in [0.5, 0.6) is 0 Å². The summed E-state index contributed by atoms with van der Waals surface area (Å²) in [5, 5.41) is 148. The first-order valence-corrected chi connectivity index (χ1v) is 23.4. The third-order valence-corrected chi connectivity index (χ3v) is 17.1. The van der Waals surface area contributed by atoms with Crippen molar-refractivity contribution < 1.29 is 114 Å². The maximum absolute atomic E-state index is 14.3. The molecule has 4 aliphatic heterocycles. The van der Waals surface area contributed by atoms with Gasteiger partial charge in [0.15, 0.2) is 18.9 Å². The minimum Gasteiger partial charge on any atom is -0.432 e. The third kappa shape index (κ3) is 8.63. The first-order valence-electron chi connectivity index (χ1n) is 23.4. The molecule has 14 N–H and O–H groups in total. The van der Waals surface area contributed by atoms with Gasteiger partial charge in [0.1, 0.15) is 97.7 Å². The van der Waals surface area contributed by atoms with Gasteiger partial charge in [-0.1, -0.05) is 19.9 Å². The van der Waals surface area contributed by atoms with E-state index in [0.717, 1.165) is 6.42 Å². The van der Waals surface area contributed by atoms with Crippen molar-refractivity contribution in [3.05, 3.63) is 12.2 Å². The van der Waals surface area contributed by atoms with Gasteiger partial charge >= 0.3 is 5.97 Å². The molecule has 8 fully saturated rings. The van der Waals surface area contributed by atoms with Crippen LogP contribution in [-0.4, -0.2) is 232 Å². The van der Waals surface area contributed by atoms with E-state index in [1.165, 1.54) is 0 Å². The summed E-state index contributed by atoms with van der Waals surface area (Å²) in [7, 11) is 0. The van der Waals surface area contributed by atoms with E-state index >= 15 is 0 Å². The lowest BCUT2D eigenvalue weighted by molar-refractivity contribution is -0.400. The average molecular weight is 967 g/mol. The van der Waals surface area contributed by atoms with E-state index in [9.17, 15) is 76.3 Å². The molecule has 0 aromatic heterocycles. The number of aliphatic hydroxyl groups excluding tert-OH is 14. The Labute approximate surface area is 386 Å². The van der Waals surface area contributed by atoms with E-state index in [1.807, 2.05) is 6.92 Å². The molecule has 0 radical (unpaired) electrons. The molecule has 23 nitrogen and oxygen atoms in total. The van der Waals surface area contributed by atoms with Gasteiger partial charge in [-0.2, -0.15) is 0 Å². The summed E-state index contributed by atoms with van der Waals surface area (Å²) < 4.78 is 48.2. The largest absolute Gasteiger partial charge is 0.432 e. The van der Waals surface area contributed by atoms with Gasteiger partial charge in [0.05, 0.1) is 37.4 Å². The van der Waals surface area contributed by atoms with Crippen LogP contribution in [0.1, 0.15) is 71.6 Å². The van der Waals surface area contributed by atoms with Crippen LogP contribution < -0.4 is 0 Å². The Bertz CT molecular complexity index is 1760. The zero-order valence-corrected chi connectivity index (χ0v) is 37.5. The molecule has 2 bridgehead atoms. The fraction of sp³-hybridized carbons (Fsp3) is 0.932. The Hall–Kier alpha value is -1.63. The summed E-state index contributed by atoms with van der Waals surface area (Å²) >= 11 is 0. The van der Waals surface area contributed by atoms with E-state index in [1.54, 1.807) is 0 Å². The SMILES string of the molecule is C=C1C[C@]23CC[C@H]4C(C)(C(=O)O[C@@H]5O[C@H](CO)[C@@H](O)[C@H](O)[C@H]5O)CCC[C@]4(C)[C@H]2CC[C@]1(O[C@@H]1O[C@H](CO)[C@@H](O)[C@H](O[C@@H]2O[C@H](CO)[C@@H](O)[C@H](O)[C@H]2O)[C@H]1O[C@@H]1O[C@H](CO)[C@@H](O)[C@H](O)[C@H]1O)C3. The Kier molecular flexibility index (Phi) is 15.0. The number of ether oxygens (including phenoxy) is 8. The molecule has 4 heterocycles. The monoisotopic (exact) mass is 966 g/mol. The van der Waals surface area contributed by atoms with Crippen LogP contribution in [0.3, 0.4) is 0 Å². The molecule has 4 saturated carbocycles. The lowest BCUT2D eigenvalue weighted by atomic mass is 9.41. The van der Waals surface area contributed by atoms with Crippen LogP contribution in [0, 0.1) is 28.1 Å². The highest BCUT2D eigenvalue weighted by atomic mass is 16.8. The van der Waals surface area contributed by atoms with Crippen molar-refractivity contribution in [1.82, 2.24) is 0 Å². The van der Waals surface area contributed by atoms with Gasteiger partial charge in [0, 0.05) is 0 Å². The molecule has 23 heteroatoms. The first-order chi connectivity index (χ1) is 31.6. The zero-order valence-electron chi connectivity index (χ0n) is 37.5. The highest BCUT2D eigenvalue weighted by molar-refractivity contribution is 5.77. The third-order valence-electron chi connectivity index (χ3n) is 17.1. The highest BCUT2D eigenvalue weighted by Gasteiger charge is 2.70. The average Bonchev–Trinajstić information content (AvgIpc) is 3.50. The topological polar surface area (TPSA) is 374 Å². The van der Waals surface area contributed by atoms with E-state index < -0.39 is 177 Å². The lowest BCUT2D eigenvalue weighted by Gasteiger charge is -2.64. The molecule has 26 atom stereocenters. The van der Waals surface area contributed by atoms with Crippen LogP contribution in [-0.2, 0) is 42.7 Å². The second-order valence-electron chi connectivity index (χ2n) is 20.8. The Morgan fingerprint density at radius 3 is 1.57 bits per heavy atom. The van der Waals surface area contributed by atoms with Crippen LogP contribution >= 0.6 is 0 Å². The highest BCUT2D eigenvalue weighted by Crippen LogP contribution is 2.74. The van der Waals surface area contributed by atoms with Gasteiger partial charge < -0.3 is 109 Å². The summed E-state index contributed by atoms with van der Waals surface area (Å²) in [6.07, 6.45) is -29.1. The predicted octanol–water partition coefficient (Wildman–Crippen LogP) is -5.11. The molecular weight excluding hydrogens is 896 g/mol. The van der Waals surface area contributed by atoms with Crippen LogP contribution in [0.4, 0.5) is 0 Å². The summed E-state index contributed by atoms with van der Waals surface area (Å²) in [5.41, 5.74) is -2.33. The number of hydrogen-bond donors (Lipinski definition) is 14. The van der Waals surface area contributed by atoms with Crippen molar-refractivity contribution in [3.8, 4) is 0 Å². The van der Waals surface area contributed by atoms with E-state index in [2.05, 4.69) is 13.5 Å². The van der Waals surface area contributed by atoms with Crippen molar-refractivity contribution in [3.63, 3.8) is 0 Å². The lowest BCUT2D eigenvalue weighted by Crippen LogP contribution is -2.68. The second kappa shape index (κ2) is 19.4. The molecule has 67 heavy (non-hydrogen) atoms. The van der Waals surface area contributed by atoms with E-state index in [0.29, 0.717) is 56.9 Å². The minimum absolute atomic E-state index is 0.0251. The number of esters is 1. The number of rotatable bonds is 12. The molecule has 8 aliphatic rings. The Balaban J connectivity index is 1.06. The maximum atomic E-state index is 14.3. The molecule has 384 valence electrons. The Morgan fingerprint density at radius 1 is 0.567 bits per heavy atom. The van der Waals surface area contributed by atoms with E-state index in [-0.39, 0.29) is 11.8 Å². The molecule has 8 rings (SSSR count). The van der Waals surface area contributed by atoms with Crippen molar-refractivity contribution in [2.45, 2.75) is 200 Å². The molecule has 4 saturated heterocycles. The van der Waals surface area contributed by atoms with Crippen LogP contribution in [0.25, 0.3) is 0 Å². The number of fused-ring (bicyclic) bond motifs is 3. The Morgan fingerprint density at radius 2 is 1.03 bits per heavy atom. The number of carbonyl (C=O) groups is 1. The zero-order chi connectivity index (χ0) is 48.7. The molecule has 0 aromatic rings. The van der Waals surface area contributed by atoms with Crippen LogP contribution in [0.15, 0.2) is 12.2 Å². The fourth-order valence-corrected chi connectivity index (χ4v) is 13.5. The maximum Gasteiger partial charge on any atom is 0.314 e. The quantitative estimate of drug-likeness (QED) is 0.0494. The van der Waals surface area contributed by atoms with Crippen LogP contribution in [0.2, 0.25) is 0 Å². The molecule has 4 aliphatic carbocycles. The van der Waals surface area contributed by atoms with Crippen molar-refractivity contribution >= 4 is 5.97 Å². The standard InChI is InChI=1S/C44H70O23/c1-17-11-43-9-5-22-41(2,7-4-8-42(22,3)40(59)66-38-33(58)30(55)26(51)20(14-47)62-38)23(43)6-10-44(17,16-43)67-39-35(65-37-32(57)29(54)25(50)19(13-46)61-37)34(27(52)21(15-48)63-39)64-36-31(56)28(53)24(49)18(12-45)60-36/h18-39,45-58H,1,4-16H2,2-3H3/t18-,19-,20-,21-,22-,23-,24-,25-,26-,27-,28+,29+,30+,31-,32-,33-,34+,35-,36+,37+,38+,39+,41+,42?,43+,44+/m1/s1. The predicted molar refractivity (Wildman–Crippen MR) is 219 cm³/mol. The smallest absolute Gasteiger partial charge is 0.314 e. The molecule has 0 aromatic carbocycles. The number of aliphatic hydroxyl groups is 14. The van der Waals surface area contributed by atoms with Gasteiger partial charge in [-0.05, 0) is 86.5 Å². The minimum atomic E-state index is -1.95. The second-order valence-corrected chi connectivity index (χ2v) is 20.8. The van der Waals surface area contributed by atoms with Crippen molar-refractivity contribution in [2.75, 3.05) is 26.4 Å². The molecular formula is C44H70O23. The number of carbonyl (C=O) groups excluding carboxylic acids is 1. The van der Waals surface area contributed by atoms with Gasteiger partial charge in [-0.15, -0.1) is 0 Å². The molecule has 0 amide bonds. The normalized spacial score (nSPS) is 54.5. The summed E-state index contributed by atoms with van der Waals surface area (Å²) in [6.45, 7) is 5.41. The first kappa shape index (κ1) is 51.7. The van der Waals surface area contributed by atoms with Gasteiger partial charge in [0.25, 0.3) is 0 Å². The van der Waals surface area contributed by atoms with Crippen molar-refractivity contribution in [1.29, 1.82) is 0 Å². The van der Waals surface area contributed by atoms with E-state index in [4.69, 9.17) is 37.9 Å². The number of hydrogen-bond acceptors (Lipinski definition) is 23. The summed E-state index contributed by atoms with van der Waals surface area (Å²) in [5.74, 6) is -0.805. The fourth-order valence-electron chi connectivity index (χ4n) is 13.5.